The number of H-pyrrole nitrogens is 1. The minimum atomic E-state index is -0.887. The number of ether oxygens (including phenoxy) is 3. The largest absolute Gasteiger partial charge is 0.507 e. The molecule has 3 rings (SSSR count). The second-order valence-corrected chi connectivity index (χ2v) is 7.42. The number of rotatable bonds is 9. The van der Waals surface area contributed by atoms with Gasteiger partial charge in [-0.1, -0.05) is 6.07 Å². The maximum atomic E-state index is 12.9. The van der Waals surface area contributed by atoms with Crippen LogP contribution in [0.15, 0.2) is 33.6 Å². The van der Waals surface area contributed by atoms with Gasteiger partial charge in [-0.2, -0.15) is 5.10 Å². The number of carbonyl (C=O) groups excluding carboxylic acids is 1. The summed E-state index contributed by atoms with van der Waals surface area (Å²) in [6, 6.07) is 4.64. The fourth-order valence-electron chi connectivity index (χ4n) is 3.70. The van der Waals surface area contributed by atoms with Crippen molar-refractivity contribution >= 4 is 5.91 Å². The zero-order valence-electron chi connectivity index (χ0n) is 19.1. The van der Waals surface area contributed by atoms with Gasteiger partial charge in [0, 0.05) is 41.8 Å². The highest BCUT2D eigenvalue weighted by molar-refractivity contribution is 5.78. The zero-order chi connectivity index (χ0) is 24.1. The first kappa shape index (κ1) is 23.7. The van der Waals surface area contributed by atoms with Crippen molar-refractivity contribution in [2.24, 2.45) is 0 Å². The fraction of sp³-hybridized carbons (Fsp3) is 0.348. The Morgan fingerprint density at radius 3 is 2.48 bits per heavy atom. The molecule has 1 amide bonds. The van der Waals surface area contributed by atoms with Crippen molar-refractivity contribution in [3.8, 4) is 23.0 Å². The minimum absolute atomic E-state index is 0.0549. The molecule has 2 aromatic heterocycles. The van der Waals surface area contributed by atoms with Crippen molar-refractivity contribution in [2.45, 2.75) is 32.7 Å². The van der Waals surface area contributed by atoms with E-state index in [4.69, 9.17) is 18.6 Å². The van der Waals surface area contributed by atoms with E-state index in [-0.39, 0.29) is 41.7 Å². The van der Waals surface area contributed by atoms with E-state index in [1.54, 1.807) is 25.3 Å². The molecule has 3 N–H and O–H groups in total. The number of hydrogen-bond acceptors (Lipinski definition) is 8. The maximum absolute atomic E-state index is 12.9. The van der Waals surface area contributed by atoms with Crippen molar-refractivity contribution in [2.75, 3.05) is 21.3 Å². The quantitative estimate of drug-likeness (QED) is 0.446. The summed E-state index contributed by atoms with van der Waals surface area (Å²) < 4.78 is 21.6. The van der Waals surface area contributed by atoms with Crippen LogP contribution in [0.5, 0.6) is 23.0 Å². The molecule has 2 heterocycles. The van der Waals surface area contributed by atoms with Crippen LogP contribution < -0.4 is 25.2 Å². The molecule has 0 saturated heterocycles. The predicted molar refractivity (Wildman–Crippen MR) is 119 cm³/mol. The number of nitrogens with one attached hydrogen (secondary N) is 2. The van der Waals surface area contributed by atoms with Crippen LogP contribution in [-0.2, 0) is 11.3 Å². The number of amides is 1. The van der Waals surface area contributed by atoms with E-state index in [0.29, 0.717) is 17.1 Å². The number of aromatic nitrogens is 2. The Bertz CT molecular complexity index is 1200. The molecule has 0 radical (unpaired) electrons. The highest BCUT2D eigenvalue weighted by atomic mass is 16.5. The summed E-state index contributed by atoms with van der Waals surface area (Å²) in [5, 5.41) is 20.2. The lowest BCUT2D eigenvalue weighted by atomic mass is 9.87. The summed E-state index contributed by atoms with van der Waals surface area (Å²) in [5.41, 5.74) is 1.33. The summed E-state index contributed by atoms with van der Waals surface area (Å²) >= 11 is 0. The smallest absolute Gasteiger partial charge is 0.343 e. The van der Waals surface area contributed by atoms with Gasteiger partial charge in [0.2, 0.25) is 11.7 Å². The fourth-order valence-corrected chi connectivity index (χ4v) is 3.70. The SMILES string of the molecule is COc1ccc([C@@H](CC(=O)NCc2cn[nH]c2C)c2c(O)cc(C)oc2=O)c(OC)c1OC. The highest BCUT2D eigenvalue weighted by Crippen LogP contribution is 2.45. The number of carbonyl (C=O) groups is 1. The molecular formula is C23H27N3O7. The van der Waals surface area contributed by atoms with Gasteiger partial charge in [-0.3, -0.25) is 9.89 Å². The number of aromatic hydroxyl groups is 1. The third kappa shape index (κ3) is 4.94. The highest BCUT2D eigenvalue weighted by Gasteiger charge is 2.30. The predicted octanol–water partition coefficient (Wildman–Crippen LogP) is 2.55. The van der Waals surface area contributed by atoms with Crippen LogP contribution in [0.4, 0.5) is 0 Å². The third-order valence-corrected chi connectivity index (χ3v) is 5.35. The molecule has 10 nitrogen and oxygen atoms in total. The molecule has 0 saturated carbocycles. The molecule has 1 aromatic carbocycles. The van der Waals surface area contributed by atoms with Crippen LogP contribution >= 0.6 is 0 Å². The van der Waals surface area contributed by atoms with Crippen molar-refractivity contribution in [3.05, 3.63) is 63.0 Å². The number of aryl methyl sites for hydroxylation is 2. The van der Waals surface area contributed by atoms with E-state index in [1.807, 2.05) is 6.92 Å². The zero-order valence-corrected chi connectivity index (χ0v) is 19.1. The summed E-state index contributed by atoms with van der Waals surface area (Å²) in [6.45, 7) is 3.66. The van der Waals surface area contributed by atoms with Crippen LogP contribution in [0.25, 0.3) is 0 Å². The minimum Gasteiger partial charge on any atom is -0.507 e. The average molecular weight is 457 g/mol. The van der Waals surface area contributed by atoms with Gasteiger partial charge in [0.1, 0.15) is 11.5 Å². The average Bonchev–Trinajstić information content (AvgIpc) is 3.19. The Kier molecular flexibility index (Phi) is 7.27. The van der Waals surface area contributed by atoms with Crippen molar-refractivity contribution in [1.82, 2.24) is 15.5 Å². The van der Waals surface area contributed by atoms with Gasteiger partial charge < -0.3 is 29.1 Å². The Balaban J connectivity index is 2.06. The van der Waals surface area contributed by atoms with Gasteiger partial charge in [-0.05, 0) is 19.9 Å². The number of benzene rings is 1. The molecule has 0 fully saturated rings. The third-order valence-electron chi connectivity index (χ3n) is 5.35. The van der Waals surface area contributed by atoms with Crippen molar-refractivity contribution in [3.63, 3.8) is 0 Å². The van der Waals surface area contributed by atoms with E-state index in [0.717, 1.165) is 11.3 Å². The lowest BCUT2D eigenvalue weighted by Gasteiger charge is -2.22. The Labute approximate surface area is 190 Å². The molecule has 0 bridgehead atoms. The number of nitrogens with zero attached hydrogens (tertiary/aromatic N) is 1. The lowest BCUT2D eigenvalue weighted by molar-refractivity contribution is -0.121. The van der Waals surface area contributed by atoms with Gasteiger partial charge in [-0.25, -0.2) is 4.79 Å². The number of hydrogen-bond donors (Lipinski definition) is 3. The van der Waals surface area contributed by atoms with Crippen LogP contribution in [0.3, 0.4) is 0 Å². The molecule has 0 unspecified atom stereocenters. The first-order valence-corrected chi connectivity index (χ1v) is 10.2. The molecule has 33 heavy (non-hydrogen) atoms. The number of methoxy groups -OCH3 is 3. The molecule has 0 aliphatic heterocycles. The number of aromatic amines is 1. The van der Waals surface area contributed by atoms with Gasteiger partial charge in [-0.15, -0.1) is 0 Å². The Morgan fingerprint density at radius 2 is 1.91 bits per heavy atom. The Hall–Kier alpha value is -3.95. The van der Waals surface area contributed by atoms with Gasteiger partial charge in [0.25, 0.3) is 0 Å². The molecule has 10 heteroatoms. The molecule has 0 spiro atoms. The van der Waals surface area contributed by atoms with Crippen molar-refractivity contribution < 1.29 is 28.5 Å². The second kappa shape index (κ2) is 10.1. The van der Waals surface area contributed by atoms with Gasteiger partial charge in [0.05, 0.1) is 33.1 Å². The van der Waals surface area contributed by atoms with Crippen LogP contribution in [0, 0.1) is 13.8 Å². The second-order valence-electron chi connectivity index (χ2n) is 7.42. The van der Waals surface area contributed by atoms with E-state index >= 15 is 0 Å². The summed E-state index contributed by atoms with van der Waals surface area (Å²) in [5.74, 6) is -0.272. The summed E-state index contributed by atoms with van der Waals surface area (Å²) in [7, 11) is 4.38. The molecule has 176 valence electrons. The van der Waals surface area contributed by atoms with Crippen molar-refractivity contribution in [1.29, 1.82) is 0 Å². The first-order chi connectivity index (χ1) is 15.8. The topological polar surface area (TPSA) is 136 Å². The maximum Gasteiger partial charge on any atom is 0.343 e. The lowest BCUT2D eigenvalue weighted by Crippen LogP contribution is -2.27. The summed E-state index contributed by atoms with van der Waals surface area (Å²) in [4.78, 5) is 25.7. The van der Waals surface area contributed by atoms with Crippen LogP contribution in [0.1, 0.15) is 40.5 Å². The monoisotopic (exact) mass is 457 g/mol. The van der Waals surface area contributed by atoms with Gasteiger partial charge >= 0.3 is 5.63 Å². The standard InChI is InChI=1S/C23H27N3O7/c1-12-8-17(27)20(23(29)33-12)16(9-19(28)24-10-14-11-25-26-13(14)2)15-6-7-18(30-3)22(32-5)21(15)31-4/h6-8,11,16,27H,9-10H2,1-5H3,(H,24,28)(H,25,26)/t16-/m1/s1. The van der Waals surface area contributed by atoms with E-state index in [2.05, 4.69) is 15.5 Å². The summed E-state index contributed by atoms with van der Waals surface area (Å²) in [6.07, 6.45) is 1.47. The Morgan fingerprint density at radius 1 is 1.18 bits per heavy atom. The van der Waals surface area contributed by atoms with Gasteiger partial charge in [0.15, 0.2) is 11.5 Å². The van der Waals surface area contributed by atoms with E-state index < -0.39 is 11.5 Å². The molecule has 1 atom stereocenters. The normalized spacial score (nSPS) is 11.7. The van der Waals surface area contributed by atoms with E-state index in [1.165, 1.54) is 27.4 Å². The van der Waals surface area contributed by atoms with Crippen LogP contribution in [-0.4, -0.2) is 42.5 Å². The van der Waals surface area contributed by atoms with Crippen LogP contribution in [0.2, 0.25) is 0 Å². The molecular weight excluding hydrogens is 430 g/mol. The first-order valence-electron chi connectivity index (χ1n) is 10.2. The molecule has 0 aliphatic carbocycles. The molecule has 0 aliphatic rings. The van der Waals surface area contributed by atoms with E-state index in [9.17, 15) is 14.7 Å². The molecule has 3 aromatic rings.